The number of aliphatic hydroxyl groups excluding tert-OH is 1. The van der Waals surface area contributed by atoms with Gasteiger partial charge in [0.15, 0.2) is 0 Å². The van der Waals surface area contributed by atoms with Crippen molar-refractivity contribution in [2.24, 2.45) is 0 Å². The van der Waals surface area contributed by atoms with Gasteiger partial charge < -0.3 is 9.84 Å². The molecule has 2 rings (SSSR count). The largest absolute Gasteiger partial charge is 0.393 e. The zero-order chi connectivity index (χ0) is 13.1. The fourth-order valence-electron chi connectivity index (χ4n) is 1.59. The fraction of sp³-hybridized carbons (Fsp3) is 0.400. The Morgan fingerprint density at radius 3 is 3.06 bits per heavy atom. The first-order chi connectivity index (χ1) is 8.65. The third-order valence-corrected chi connectivity index (χ3v) is 3.96. The number of ether oxygens (including phenoxy) is 1. The molecule has 1 aliphatic rings. The predicted octanol–water partition coefficient (Wildman–Crippen LogP) is 0.483. The number of aromatic nitrogens is 2. The quantitative estimate of drug-likeness (QED) is 0.840. The molecule has 0 aromatic carbocycles. The van der Waals surface area contributed by atoms with Crippen molar-refractivity contribution in [3.63, 3.8) is 0 Å². The number of rotatable bonds is 3. The van der Waals surface area contributed by atoms with E-state index >= 15 is 0 Å². The van der Waals surface area contributed by atoms with E-state index in [-0.39, 0.29) is 17.4 Å². The number of nitrogens with zero attached hydrogens (tertiary/aromatic N) is 1. The van der Waals surface area contributed by atoms with Crippen molar-refractivity contribution in [3.05, 3.63) is 37.6 Å². The molecule has 0 unspecified atom stereocenters. The van der Waals surface area contributed by atoms with E-state index in [1.165, 1.54) is 22.5 Å². The molecule has 0 saturated carbocycles. The number of aliphatic hydroxyl groups is 1. The molecule has 98 valence electrons. The smallest absolute Gasteiger partial charge is 0.329 e. The number of H-pyrrole nitrogens is 1. The highest BCUT2D eigenvalue weighted by molar-refractivity contribution is 9.11. The second-order valence-electron chi connectivity index (χ2n) is 3.58. The summed E-state index contributed by atoms with van der Waals surface area (Å²) in [6.07, 6.45) is 3.04. The lowest BCUT2D eigenvalue weighted by Crippen LogP contribution is -2.32. The van der Waals surface area contributed by atoms with E-state index in [9.17, 15) is 9.59 Å². The molecule has 0 bridgehead atoms. The molecule has 2 heterocycles. The van der Waals surface area contributed by atoms with Crippen LogP contribution in [-0.4, -0.2) is 33.3 Å². The van der Waals surface area contributed by atoms with Crippen LogP contribution in [0.4, 0.5) is 0 Å². The average molecular weight is 335 g/mol. The first-order valence-electron chi connectivity index (χ1n) is 5.16. The summed E-state index contributed by atoms with van der Waals surface area (Å²) < 4.78 is 6.69. The number of nitrogens with one attached hydrogen (secondary N) is 1. The van der Waals surface area contributed by atoms with Gasteiger partial charge in [0.25, 0.3) is 5.56 Å². The molecule has 1 aromatic heterocycles. The number of halogens is 1. The van der Waals surface area contributed by atoms with Gasteiger partial charge >= 0.3 is 5.69 Å². The van der Waals surface area contributed by atoms with Crippen LogP contribution in [-0.2, 0) is 4.74 Å². The Morgan fingerprint density at radius 1 is 1.67 bits per heavy atom. The molecule has 6 nitrogen and oxygen atoms in total. The van der Waals surface area contributed by atoms with E-state index in [1.54, 1.807) is 11.1 Å². The van der Waals surface area contributed by atoms with Gasteiger partial charge in [-0.25, -0.2) is 4.79 Å². The van der Waals surface area contributed by atoms with Crippen molar-refractivity contribution in [2.75, 3.05) is 13.2 Å². The lowest BCUT2D eigenvalue weighted by Gasteiger charge is -2.11. The van der Waals surface area contributed by atoms with E-state index in [4.69, 9.17) is 9.84 Å². The van der Waals surface area contributed by atoms with E-state index in [0.29, 0.717) is 12.2 Å². The minimum Gasteiger partial charge on any atom is -0.393 e. The Balaban J connectivity index is 2.36. The fourth-order valence-corrected chi connectivity index (χ4v) is 2.91. The normalized spacial score (nSPS) is 23.9. The minimum absolute atomic E-state index is 0.104. The van der Waals surface area contributed by atoms with Crippen molar-refractivity contribution in [1.29, 1.82) is 0 Å². The van der Waals surface area contributed by atoms with Gasteiger partial charge in [0.2, 0.25) is 0 Å². The number of hydrogen-bond donors (Lipinski definition) is 2. The molecule has 1 fully saturated rings. The Kier molecular flexibility index (Phi) is 4.44. The average Bonchev–Trinajstić information content (AvgIpc) is 2.81. The molecule has 1 aromatic rings. The van der Waals surface area contributed by atoms with Gasteiger partial charge in [-0.2, -0.15) is 0 Å². The minimum atomic E-state index is -0.480. The van der Waals surface area contributed by atoms with Gasteiger partial charge in [0, 0.05) is 6.20 Å². The molecule has 8 heteroatoms. The highest BCUT2D eigenvalue weighted by Crippen LogP contribution is 2.34. The van der Waals surface area contributed by atoms with Crippen molar-refractivity contribution >= 4 is 33.8 Å². The van der Waals surface area contributed by atoms with Crippen molar-refractivity contribution in [3.8, 4) is 0 Å². The summed E-state index contributed by atoms with van der Waals surface area (Å²) in [7, 11) is 0. The summed E-state index contributed by atoms with van der Waals surface area (Å²) in [6, 6.07) is 0. The van der Waals surface area contributed by atoms with Gasteiger partial charge in [-0.15, -0.1) is 11.8 Å². The van der Waals surface area contributed by atoms with Crippen LogP contribution in [0.2, 0.25) is 0 Å². The molecule has 0 radical (unpaired) electrons. The van der Waals surface area contributed by atoms with E-state index < -0.39 is 11.2 Å². The topological polar surface area (TPSA) is 84.3 Å². The zero-order valence-corrected chi connectivity index (χ0v) is 11.6. The number of aromatic amines is 1. The van der Waals surface area contributed by atoms with Crippen LogP contribution in [0.1, 0.15) is 10.9 Å². The summed E-state index contributed by atoms with van der Waals surface area (Å²) in [4.78, 5) is 27.0. The van der Waals surface area contributed by atoms with Crippen molar-refractivity contribution in [1.82, 2.24) is 9.55 Å². The van der Waals surface area contributed by atoms with E-state index in [0.717, 1.165) is 0 Å². The maximum Gasteiger partial charge on any atom is 0.329 e. The molecule has 2 N–H and O–H groups in total. The summed E-state index contributed by atoms with van der Waals surface area (Å²) in [5.41, 5.74) is -0.871. The molecule has 1 aliphatic heterocycles. The monoisotopic (exact) mass is 334 g/mol. The molecule has 0 amide bonds. The summed E-state index contributed by atoms with van der Waals surface area (Å²) in [5, 5.41) is 8.73. The maximum absolute atomic E-state index is 11.7. The summed E-state index contributed by atoms with van der Waals surface area (Å²) >= 11 is 4.43. The second kappa shape index (κ2) is 5.87. The Labute approximate surface area is 115 Å². The summed E-state index contributed by atoms with van der Waals surface area (Å²) in [5.74, 6) is 0. The first kappa shape index (κ1) is 13.6. The Bertz CT molecular complexity index is 568. The van der Waals surface area contributed by atoms with E-state index in [2.05, 4.69) is 20.9 Å². The predicted molar refractivity (Wildman–Crippen MR) is 72.7 cm³/mol. The van der Waals surface area contributed by atoms with E-state index in [1.807, 2.05) is 0 Å². The van der Waals surface area contributed by atoms with Gasteiger partial charge in [0.1, 0.15) is 10.8 Å². The number of hydrogen-bond acceptors (Lipinski definition) is 5. The van der Waals surface area contributed by atoms with Crippen LogP contribution in [0.3, 0.4) is 0 Å². The third kappa shape index (κ3) is 2.77. The van der Waals surface area contributed by atoms with Crippen LogP contribution in [0.15, 0.2) is 20.8 Å². The highest BCUT2D eigenvalue weighted by atomic mass is 79.9. The van der Waals surface area contributed by atoms with Crippen molar-refractivity contribution < 1.29 is 9.84 Å². The molecule has 2 atom stereocenters. The molecule has 0 spiro atoms. The number of thioether (sulfide) groups is 1. The standard InChI is InChI=1S/C10H11BrN2O4S/c11-2-1-6-3-13(10(16)12-9(6)15)7-5-17-8(4-14)18-7/h1-3,7-8,14H,4-5H2,(H,12,15,16)/b2-1+/t7-,8-/m1/s1. The Hall–Kier alpha value is -0.830. The maximum atomic E-state index is 11.7. The molecule has 1 saturated heterocycles. The Morgan fingerprint density at radius 2 is 2.44 bits per heavy atom. The van der Waals surface area contributed by atoms with Crippen LogP contribution < -0.4 is 11.2 Å². The van der Waals surface area contributed by atoms with Crippen LogP contribution >= 0.6 is 27.7 Å². The van der Waals surface area contributed by atoms with Gasteiger partial charge in [-0.05, 0) is 11.1 Å². The summed E-state index contributed by atoms with van der Waals surface area (Å²) in [6.45, 7) is 0.215. The molecular formula is C10H11BrN2O4S. The lowest BCUT2D eigenvalue weighted by molar-refractivity contribution is 0.0803. The molecular weight excluding hydrogens is 324 g/mol. The lowest BCUT2D eigenvalue weighted by atomic mass is 10.3. The zero-order valence-electron chi connectivity index (χ0n) is 9.21. The van der Waals surface area contributed by atoms with Crippen LogP contribution in [0.25, 0.3) is 6.08 Å². The van der Waals surface area contributed by atoms with Crippen molar-refractivity contribution in [2.45, 2.75) is 10.8 Å². The molecule has 18 heavy (non-hydrogen) atoms. The first-order valence-corrected chi connectivity index (χ1v) is 7.01. The highest BCUT2D eigenvalue weighted by Gasteiger charge is 2.27. The van der Waals surface area contributed by atoms with Gasteiger partial charge in [0.05, 0.1) is 18.8 Å². The van der Waals surface area contributed by atoms with Gasteiger partial charge in [-0.3, -0.25) is 14.3 Å². The molecule has 0 aliphatic carbocycles. The third-order valence-electron chi connectivity index (χ3n) is 2.43. The van der Waals surface area contributed by atoms with Crippen LogP contribution in [0.5, 0.6) is 0 Å². The second-order valence-corrected chi connectivity index (χ2v) is 5.45. The van der Waals surface area contributed by atoms with Crippen LogP contribution in [0, 0.1) is 0 Å². The SMILES string of the molecule is O=c1[nH]c(=O)n([C@H]2CO[C@@H](CO)S2)cc1/C=C/Br. The van der Waals surface area contributed by atoms with Gasteiger partial charge in [-0.1, -0.05) is 15.9 Å².